The van der Waals surface area contributed by atoms with Crippen LogP contribution in [-0.2, 0) is 26.2 Å². The Morgan fingerprint density at radius 2 is 1.38 bits per heavy atom. The fourth-order valence-electron chi connectivity index (χ4n) is 6.36. The number of carbonyl (C=O) groups is 4. The van der Waals surface area contributed by atoms with Crippen LogP contribution in [0.2, 0.25) is 0 Å². The molecule has 5 heterocycles. The van der Waals surface area contributed by atoms with E-state index in [1.165, 1.54) is 12.3 Å². The van der Waals surface area contributed by atoms with E-state index in [1.807, 2.05) is 32.9 Å². The second-order valence-corrected chi connectivity index (χ2v) is 13.4. The molecule has 7 N–H and O–H groups in total. The van der Waals surface area contributed by atoms with Crippen molar-refractivity contribution in [2.75, 3.05) is 17.2 Å². The lowest BCUT2D eigenvalue weighted by Gasteiger charge is -2.13. The lowest BCUT2D eigenvalue weighted by Crippen LogP contribution is -2.30. The molecule has 19 heteroatoms. The van der Waals surface area contributed by atoms with Crippen LogP contribution in [0.15, 0.2) is 48.7 Å². The minimum absolute atomic E-state index is 0.167. The van der Waals surface area contributed by atoms with Gasteiger partial charge in [0, 0.05) is 37.9 Å². The first-order chi connectivity index (χ1) is 27.0. The largest absolute Gasteiger partial charge is 0.491 e. The van der Waals surface area contributed by atoms with Gasteiger partial charge in [-0.2, -0.15) is 10.2 Å². The number of hydrogen-bond donors (Lipinski definition) is 5. The third-order valence-corrected chi connectivity index (χ3v) is 9.30. The highest BCUT2D eigenvalue weighted by atomic mass is 16.5. The molecule has 6 aromatic rings. The average Bonchev–Trinajstić information content (AvgIpc) is 3.47. The zero-order valence-electron chi connectivity index (χ0n) is 31.4. The van der Waals surface area contributed by atoms with Crippen LogP contribution in [0.25, 0.3) is 22.2 Å². The van der Waals surface area contributed by atoms with Gasteiger partial charge in [-0.25, -0.2) is 20.8 Å². The number of aromatic nitrogens is 9. The van der Waals surface area contributed by atoms with Crippen LogP contribution in [0.1, 0.15) is 79.8 Å². The van der Waals surface area contributed by atoms with Gasteiger partial charge < -0.3 is 15.0 Å². The predicted molar refractivity (Wildman–Crippen MR) is 206 cm³/mol. The minimum atomic E-state index is -0.664. The molecule has 1 aromatic carbocycles. The molecule has 0 unspecified atom stereocenters. The van der Waals surface area contributed by atoms with E-state index in [2.05, 4.69) is 36.2 Å². The van der Waals surface area contributed by atoms with E-state index in [0.29, 0.717) is 76.3 Å². The summed E-state index contributed by atoms with van der Waals surface area (Å²) in [5, 5.41) is 14.6. The smallest absolute Gasteiger partial charge is 0.276 e. The van der Waals surface area contributed by atoms with Gasteiger partial charge in [-0.05, 0) is 76.8 Å². The number of pyridine rings is 1. The van der Waals surface area contributed by atoms with E-state index in [1.54, 1.807) is 49.7 Å². The molecule has 0 bridgehead atoms. The number of nitrogens with one attached hydrogen (secondary N) is 3. The third kappa shape index (κ3) is 7.56. The summed E-state index contributed by atoms with van der Waals surface area (Å²) in [6, 6.07) is 8.10. The number of allylic oxidation sites excluding steroid dienone is 2. The molecule has 56 heavy (non-hydrogen) atoms. The van der Waals surface area contributed by atoms with E-state index < -0.39 is 23.6 Å². The summed E-state index contributed by atoms with van der Waals surface area (Å²) in [6.45, 7) is 9.20. The molecule has 0 spiro atoms. The number of carbonyl (C=O) groups excluding carboxylic acids is 4. The maximum Gasteiger partial charge on any atom is 0.276 e. The maximum atomic E-state index is 13.7. The maximum absolute atomic E-state index is 13.7. The Hall–Kier alpha value is -6.89. The van der Waals surface area contributed by atoms with Crippen molar-refractivity contribution in [1.29, 1.82) is 0 Å². The molecule has 7 rings (SSSR count). The number of benzene rings is 1. The predicted octanol–water partition coefficient (Wildman–Crippen LogP) is 3.08. The van der Waals surface area contributed by atoms with Crippen LogP contribution in [0.3, 0.4) is 0 Å². The number of amides is 4. The number of hydrazine groups is 1. The summed E-state index contributed by atoms with van der Waals surface area (Å²) in [5.41, 5.74) is 11.9. The fraction of sp³-hybridized carbons (Fsp3) is 0.324. The van der Waals surface area contributed by atoms with Crippen LogP contribution < -0.4 is 32.4 Å². The molecule has 5 aromatic heterocycles. The molecule has 0 aliphatic heterocycles. The first-order valence-electron chi connectivity index (χ1n) is 18.2. The van der Waals surface area contributed by atoms with Crippen molar-refractivity contribution in [3.05, 3.63) is 82.6 Å². The topological polar surface area (TPSA) is 250 Å². The number of primary amides is 1. The minimum Gasteiger partial charge on any atom is -0.491 e. The van der Waals surface area contributed by atoms with Crippen LogP contribution in [-0.4, -0.2) is 73.9 Å². The van der Waals surface area contributed by atoms with Gasteiger partial charge >= 0.3 is 0 Å². The standard InChI is InChI=1S/C37H42N14O5/c1-5-50-27(13-20(3)46-50)34(54)43-36-41-25-15-23(33(53)45-39)17-29(56-19-22-9-10-22)30(25)48(36)11-7-8-12-49-32-26(16-24(18-40-32)31(38)52)42-37(49)44-35(55)28-14-21(4)47-51(28)6-2/h7-8,13-18,22H,5-6,9-12,19,39H2,1-4H3,(H2,38,52)(H,45,53)(H,41,43,54)(H,42,44,55)/b8-7+. The number of ether oxygens (including phenoxy) is 1. The van der Waals surface area contributed by atoms with Gasteiger partial charge in [0.25, 0.3) is 17.7 Å². The number of anilines is 2. The molecular formula is C37H42N14O5. The van der Waals surface area contributed by atoms with Crippen LogP contribution in [0.4, 0.5) is 11.9 Å². The highest BCUT2D eigenvalue weighted by Gasteiger charge is 2.26. The van der Waals surface area contributed by atoms with Gasteiger partial charge in [-0.1, -0.05) is 12.2 Å². The molecule has 1 saturated carbocycles. The second-order valence-electron chi connectivity index (χ2n) is 13.4. The number of imidazole rings is 2. The Morgan fingerprint density at radius 1 is 0.804 bits per heavy atom. The Kier molecular flexibility index (Phi) is 10.3. The fourth-order valence-corrected chi connectivity index (χ4v) is 6.36. The molecule has 4 amide bonds. The number of rotatable bonds is 15. The van der Waals surface area contributed by atoms with Crippen molar-refractivity contribution in [3.63, 3.8) is 0 Å². The lowest BCUT2D eigenvalue weighted by molar-refractivity contribution is 0.0950. The van der Waals surface area contributed by atoms with Crippen molar-refractivity contribution in [2.24, 2.45) is 17.5 Å². The number of nitrogen functional groups attached to an aromatic ring is 1. The molecule has 0 atom stereocenters. The van der Waals surface area contributed by atoms with E-state index in [4.69, 9.17) is 21.3 Å². The van der Waals surface area contributed by atoms with Crippen LogP contribution in [0.5, 0.6) is 5.75 Å². The lowest BCUT2D eigenvalue weighted by atomic mass is 10.1. The van der Waals surface area contributed by atoms with Crippen LogP contribution >= 0.6 is 0 Å². The number of fused-ring (bicyclic) bond motifs is 2. The summed E-state index contributed by atoms with van der Waals surface area (Å²) < 4.78 is 13.0. The van der Waals surface area contributed by atoms with Crippen molar-refractivity contribution in [3.8, 4) is 5.75 Å². The summed E-state index contributed by atoms with van der Waals surface area (Å²) in [5.74, 6) is 4.67. The normalized spacial score (nSPS) is 12.8. The Bertz CT molecular complexity index is 2540. The van der Waals surface area contributed by atoms with Crippen molar-refractivity contribution in [2.45, 2.75) is 66.7 Å². The zero-order valence-corrected chi connectivity index (χ0v) is 31.4. The molecule has 1 aliphatic carbocycles. The second kappa shape index (κ2) is 15.5. The highest BCUT2D eigenvalue weighted by molar-refractivity contribution is 6.05. The molecule has 0 radical (unpaired) electrons. The van der Waals surface area contributed by atoms with E-state index in [9.17, 15) is 19.2 Å². The van der Waals surface area contributed by atoms with E-state index in [-0.39, 0.29) is 36.1 Å². The van der Waals surface area contributed by atoms with Crippen molar-refractivity contribution >= 4 is 57.7 Å². The van der Waals surface area contributed by atoms with Gasteiger partial charge in [0.15, 0.2) is 5.65 Å². The SMILES string of the molecule is CCn1nc(C)cc1C(=O)Nc1nc2cc(C(N)=O)cnc2n1C/C=C/Cn1c(NC(=O)c2cc(C)nn2CC)nc2cc(C(=O)NN)cc(OCC3CC3)c21. The van der Waals surface area contributed by atoms with Gasteiger partial charge in [-0.3, -0.25) is 49.2 Å². The van der Waals surface area contributed by atoms with Gasteiger partial charge in [-0.15, -0.1) is 0 Å². The third-order valence-electron chi connectivity index (χ3n) is 9.30. The monoisotopic (exact) mass is 762 g/mol. The molecular weight excluding hydrogens is 720 g/mol. The van der Waals surface area contributed by atoms with E-state index in [0.717, 1.165) is 12.8 Å². The Balaban J connectivity index is 1.25. The summed E-state index contributed by atoms with van der Waals surface area (Å²) in [7, 11) is 0. The summed E-state index contributed by atoms with van der Waals surface area (Å²) in [4.78, 5) is 65.6. The van der Waals surface area contributed by atoms with Crippen molar-refractivity contribution in [1.82, 2.24) is 49.1 Å². The van der Waals surface area contributed by atoms with E-state index >= 15 is 0 Å². The number of nitrogens with two attached hydrogens (primary N) is 2. The summed E-state index contributed by atoms with van der Waals surface area (Å²) >= 11 is 0. The summed E-state index contributed by atoms with van der Waals surface area (Å²) in [6.07, 6.45) is 7.15. The Labute approximate surface area is 320 Å². The molecule has 1 aliphatic rings. The van der Waals surface area contributed by atoms with Gasteiger partial charge in [0.05, 0.1) is 29.1 Å². The zero-order chi connectivity index (χ0) is 39.7. The average molecular weight is 763 g/mol. The molecule has 0 saturated heterocycles. The van der Waals surface area contributed by atoms with Gasteiger partial charge in [0.2, 0.25) is 17.8 Å². The number of hydrogen-bond acceptors (Lipinski definition) is 11. The quantitative estimate of drug-likeness (QED) is 0.0440. The molecule has 19 nitrogen and oxygen atoms in total. The highest BCUT2D eigenvalue weighted by Crippen LogP contribution is 2.35. The van der Waals surface area contributed by atoms with Crippen LogP contribution in [0, 0.1) is 19.8 Å². The number of nitrogens with zero attached hydrogens (tertiary/aromatic N) is 9. The molecule has 1 fully saturated rings. The van der Waals surface area contributed by atoms with Gasteiger partial charge in [0.1, 0.15) is 28.2 Å². The molecule has 290 valence electrons. The Morgan fingerprint density at radius 3 is 1.95 bits per heavy atom. The van der Waals surface area contributed by atoms with Crippen molar-refractivity contribution < 1.29 is 23.9 Å². The first kappa shape index (κ1) is 37.4. The number of aryl methyl sites for hydroxylation is 4. The first-order valence-corrected chi connectivity index (χ1v) is 18.2.